The number of carbonyl (C=O) groups is 2. The molecule has 23 heavy (non-hydrogen) atoms. The molecule has 0 bridgehead atoms. The maximum atomic E-state index is 12.8. The van der Waals surface area contributed by atoms with Gasteiger partial charge < -0.3 is 16.0 Å². The van der Waals surface area contributed by atoms with Crippen molar-refractivity contribution in [1.29, 1.82) is 0 Å². The van der Waals surface area contributed by atoms with Gasteiger partial charge in [-0.25, -0.2) is 0 Å². The third kappa shape index (κ3) is 3.67. The minimum atomic E-state index is -0.472. The summed E-state index contributed by atoms with van der Waals surface area (Å²) in [5.41, 5.74) is 0.608. The molecule has 2 aliphatic rings. The average Bonchev–Trinajstić information content (AvgIpc) is 2.70. The van der Waals surface area contributed by atoms with Crippen LogP contribution in [0.3, 0.4) is 0 Å². The van der Waals surface area contributed by atoms with Crippen molar-refractivity contribution in [1.82, 2.24) is 16.0 Å². The van der Waals surface area contributed by atoms with Crippen LogP contribution in [0.15, 0.2) is 24.3 Å². The lowest BCUT2D eigenvalue weighted by Crippen LogP contribution is -2.64. The maximum Gasteiger partial charge on any atom is 0.242 e. The summed E-state index contributed by atoms with van der Waals surface area (Å²) in [5, 5.41) is 9.70. The molecular weight excluding hydrogens is 314 g/mol. The molecule has 2 aliphatic heterocycles. The van der Waals surface area contributed by atoms with Crippen molar-refractivity contribution in [2.24, 2.45) is 5.41 Å². The Morgan fingerprint density at radius 3 is 2.65 bits per heavy atom. The summed E-state index contributed by atoms with van der Waals surface area (Å²) in [7, 11) is 0. The molecule has 1 unspecified atom stereocenters. The molecule has 2 amide bonds. The lowest BCUT2D eigenvalue weighted by Gasteiger charge is -2.42. The number of hydrogen-bond acceptors (Lipinski definition) is 3. The number of halogens is 1. The Labute approximate surface area is 141 Å². The van der Waals surface area contributed by atoms with Crippen LogP contribution < -0.4 is 16.0 Å². The summed E-state index contributed by atoms with van der Waals surface area (Å²) in [6.07, 6.45) is 3.28. The maximum absolute atomic E-state index is 12.8. The summed E-state index contributed by atoms with van der Waals surface area (Å²) in [5.74, 6) is -0.0991. The van der Waals surface area contributed by atoms with E-state index in [1.54, 1.807) is 0 Å². The summed E-state index contributed by atoms with van der Waals surface area (Å²) >= 11 is 5.92. The van der Waals surface area contributed by atoms with Gasteiger partial charge in [-0.3, -0.25) is 9.59 Å². The number of benzene rings is 1. The Bertz CT molecular complexity index is 584. The van der Waals surface area contributed by atoms with Crippen LogP contribution in [-0.2, 0) is 16.0 Å². The van der Waals surface area contributed by atoms with Gasteiger partial charge in [-0.1, -0.05) is 23.7 Å². The smallest absolute Gasteiger partial charge is 0.242 e. The van der Waals surface area contributed by atoms with Crippen LogP contribution in [0.1, 0.15) is 24.8 Å². The molecular formula is C17H22ClN3O2. The second-order valence-electron chi connectivity index (χ2n) is 6.50. The van der Waals surface area contributed by atoms with Crippen LogP contribution in [0, 0.1) is 5.41 Å². The highest BCUT2D eigenvalue weighted by Gasteiger charge is 2.45. The summed E-state index contributed by atoms with van der Waals surface area (Å²) < 4.78 is 0. The number of rotatable bonds is 4. The van der Waals surface area contributed by atoms with E-state index < -0.39 is 11.5 Å². The predicted octanol–water partition coefficient (Wildman–Crippen LogP) is 1.26. The first-order valence-electron chi connectivity index (χ1n) is 8.13. The zero-order valence-electron chi connectivity index (χ0n) is 13.0. The van der Waals surface area contributed by atoms with Crippen LogP contribution in [0.25, 0.3) is 0 Å². The zero-order chi connectivity index (χ0) is 16.3. The van der Waals surface area contributed by atoms with Gasteiger partial charge in [0, 0.05) is 24.7 Å². The van der Waals surface area contributed by atoms with E-state index in [2.05, 4.69) is 16.0 Å². The van der Waals surface area contributed by atoms with Crippen LogP contribution in [-0.4, -0.2) is 37.5 Å². The van der Waals surface area contributed by atoms with Gasteiger partial charge in [-0.15, -0.1) is 0 Å². The molecule has 5 nitrogen and oxygen atoms in total. The highest BCUT2D eigenvalue weighted by atomic mass is 35.5. The van der Waals surface area contributed by atoms with Crippen LogP contribution in [0.5, 0.6) is 0 Å². The lowest BCUT2D eigenvalue weighted by atomic mass is 9.75. The fourth-order valence-electron chi connectivity index (χ4n) is 3.17. The summed E-state index contributed by atoms with van der Waals surface area (Å²) in [4.78, 5) is 24.8. The van der Waals surface area contributed by atoms with E-state index in [-0.39, 0.29) is 11.8 Å². The van der Waals surface area contributed by atoms with Gasteiger partial charge in [0.2, 0.25) is 11.8 Å². The molecule has 0 aromatic heterocycles. The monoisotopic (exact) mass is 335 g/mol. The molecule has 3 N–H and O–H groups in total. The van der Waals surface area contributed by atoms with Crippen molar-refractivity contribution in [2.75, 3.05) is 19.6 Å². The SMILES string of the molecule is O=C1NCCCCC1NC(=O)C1(Cc2ccc(Cl)cc2)CNC1. The Hall–Kier alpha value is -1.59. The van der Waals surface area contributed by atoms with Crippen molar-refractivity contribution in [2.45, 2.75) is 31.7 Å². The molecule has 1 aromatic carbocycles. The fraction of sp³-hybridized carbons (Fsp3) is 0.529. The molecule has 0 spiro atoms. The van der Waals surface area contributed by atoms with Gasteiger partial charge in [0.25, 0.3) is 0 Å². The molecule has 2 fully saturated rings. The molecule has 0 saturated carbocycles. The van der Waals surface area contributed by atoms with Crippen molar-refractivity contribution in [3.63, 3.8) is 0 Å². The van der Waals surface area contributed by atoms with Gasteiger partial charge in [-0.05, 0) is 43.4 Å². The fourth-order valence-corrected chi connectivity index (χ4v) is 3.30. The van der Waals surface area contributed by atoms with E-state index in [4.69, 9.17) is 11.6 Å². The minimum Gasteiger partial charge on any atom is -0.354 e. The number of carbonyl (C=O) groups excluding carboxylic acids is 2. The predicted molar refractivity (Wildman–Crippen MR) is 89.3 cm³/mol. The second-order valence-corrected chi connectivity index (χ2v) is 6.94. The van der Waals surface area contributed by atoms with Crippen molar-refractivity contribution < 1.29 is 9.59 Å². The van der Waals surface area contributed by atoms with Crippen LogP contribution >= 0.6 is 11.6 Å². The van der Waals surface area contributed by atoms with Crippen molar-refractivity contribution in [3.05, 3.63) is 34.9 Å². The third-order valence-corrected chi connectivity index (χ3v) is 4.96. The summed E-state index contributed by atoms with van der Waals surface area (Å²) in [6, 6.07) is 7.18. The van der Waals surface area contributed by atoms with Crippen molar-refractivity contribution in [3.8, 4) is 0 Å². The Kier molecular flexibility index (Phi) is 4.87. The molecule has 0 aliphatic carbocycles. The molecule has 1 atom stereocenters. The Morgan fingerprint density at radius 2 is 2.00 bits per heavy atom. The lowest BCUT2D eigenvalue weighted by molar-refractivity contribution is -0.137. The topological polar surface area (TPSA) is 70.2 Å². The average molecular weight is 336 g/mol. The van der Waals surface area contributed by atoms with Gasteiger partial charge in [0.1, 0.15) is 6.04 Å². The number of amides is 2. The highest BCUT2D eigenvalue weighted by Crippen LogP contribution is 2.29. The van der Waals surface area contributed by atoms with E-state index in [9.17, 15) is 9.59 Å². The second kappa shape index (κ2) is 6.89. The quantitative estimate of drug-likeness (QED) is 0.775. The third-order valence-electron chi connectivity index (χ3n) is 4.70. The van der Waals surface area contributed by atoms with E-state index in [1.165, 1.54) is 0 Å². The zero-order valence-corrected chi connectivity index (χ0v) is 13.8. The van der Waals surface area contributed by atoms with E-state index in [0.29, 0.717) is 37.5 Å². The molecule has 124 valence electrons. The Balaban J connectivity index is 1.68. The molecule has 1 aromatic rings. The van der Waals surface area contributed by atoms with Crippen LogP contribution in [0.4, 0.5) is 0 Å². The van der Waals surface area contributed by atoms with Gasteiger partial charge in [-0.2, -0.15) is 0 Å². The van der Waals surface area contributed by atoms with Crippen LogP contribution in [0.2, 0.25) is 5.02 Å². The number of hydrogen-bond donors (Lipinski definition) is 3. The normalized spacial score (nSPS) is 23.3. The standard InChI is InChI=1S/C17H22ClN3O2/c18-13-6-4-12(5-7-13)9-17(10-19-11-17)16(23)21-14-3-1-2-8-20-15(14)22/h4-7,14,19H,1-3,8-11H2,(H,20,22)(H,21,23). The first-order valence-corrected chi connectivity index (χ1v) is 8.51. The van der Waals surface area contributed by atoms with Gasteiger partial charge in [0.15, 0.2) is 0 Å². The van der Waals surface area contributed by atoms with Crippen molar-refractivity contribution >= 4 is 23.4 Å². The molecule has 0 radical (unpaired) electrons. The first kappa shape index (κ1) is 16.3. The molecule has 2 heterocycles. The molecule has 6 heteroatoms. The molecule has 2 saturated heterocycles. The van der Waals surface area contributed by atoms with E-state index in [0.717, 1.165) is 18.4 Å². The summed E-state index contributed by atoms with van der Waals surface area (Å²) in [6.45, 7) is 1.97. The molecule has 3 rings (SSSR count). The van der Waals surface area contributed by atoms with Gasteiger partial charge >= 0.3 is 0 Å². The van der Waals surface area contributed by atoms with E-state index >= 15 is 0 Å². The number of nitrogens with one attached hydrogen (secondary N) is 3. The Morgan fingerprint density at radius 1 is 1.26 bits per heavy atom. The van der Waals surface area contributed by atoms with Gasteiger partial charge in [0.05, 0.1) is 5.41 Å². The highest BCUT2D eigenvalue weighted by molar-refractivity contribution is 6.30. The minimum absolute atomic E-state index is 0.0340. The largest absolute Gasteiger partial charge is 0.354 e. The van der Waals surface area contributed by atoms with E-state index in [1.807, 2.05) is 24.3 Å². The first-order chi connectivity index (χ1) is 11.1.